The molecule has 0 saturated heterocycles. The molecule has 0 atom stereocenters. The number of hydrogen-bond acceptors (Lipinski definition) is 1. The summed E-state index contributed by atoms with van der Waals surface area (Å²) < 4.78 is 0.987. The summed E-state index contributed by atoms with van der Waals surface area (Å²) in [6.07, 6.45) is 2.71. The molecule has 4 aromatic rings. The molecular weight excluding hydrogens is 426 g/mol. The normalized spacial score (nSPS) is 13.3. The Morgan fingerprint density at radius 3 is 2.69 bits per heavy atom. The van der Waals surface area contributed by atoms with E-state index in [1.807, 2.05) is 35.4 Å². The summed E-state index contributed by atoms with van der Waals surface area (Å²) in [6.45, 7) is 1.34. The smallest absolute Gasteiger partial charge is 0.322 e. The Bertz CT molecular complexity index is 1200. The number of nitrogens with zero attached hydrogens (tertiary/aromatic N) is 1. The summed E-state index contributed by atoms with van der Waals surface area (Å²) in [7, 11) is 0. The van der Waals surface area contributed by atoms with Crippen LogP contribution in [-0.2, 0) is 13.0 Å². The Hall–Kier alpha value is -3.05. The molecule has 0 radical (unpaired) electrons. The number of amides is 2. The molecule has 29 heavy (non-hydrogen) atoms. The van der Waals surface area contributed by atoms with Crippen molar-refractivity contribution in [2.45, 2.75) is 13.0 Å². The fraction of sp³-hybridized carbons (Fsp3) is 0.125. The Balaban J connectivity index is 1.34. The summed E-state index contributed by atoms with van der Waals surface area (Å²) in [5, 5.41) is 4.06. The fourth-order valence-electron chi connectivity index (χ4n) is 3.93. The Kier molecular flexibility index (Phi) is 4.60. The lowest BCUT2D eigenvalue weighted by Crippen LogP contribution is -2.38. The van der Waals surface area contributed by atoms with Gasteiger partial charge in [0, 0.05) is 34.7 Å². The van der Waals surface area contributed by atoms with Gasteiger partial charge in [-0.1, -0.05) is 64.5 Å². The van der Waals surface area contributed by atoms with E-state index >= 15 is 0 Å². The van der Waals surface area contributed by atoms with Gasteiger partial charge in [0.05, 0.1) is 5.69 Å². The minimum absolute atomic E-state index is 0.0661. The maximum atomic E-state index is 12.9. The van der Waals surface area contributed by atoms with Crippen LogP contribution in [-0.4, -0.2) is 22.5 Å². The number of nitrogens with one attached hydrogen (secondary N) is 2. The molecule has 144 valence electrons. The van der Waals surface area contributed by atoms with Gasteiger partial charge < -0.3 is 15.2 Å². The first-order valence-corrected chi connectivity index (χ1v) is 10.5. The molecule has 0 aliphatic carbocycles. The van der Waals surface area contributed by atoms with E-state index < -0.39 is 0 Å². The quantitative estimate of drug-likeness (QED) is 0.379. The van der Waals surface area contributed by atoms with E-state index in [1.165, 1.54) is 22.3 Å². The average molecular weight is 446 g/mol. The number of carbonyl (C=O) groups excluding carboxylic acids is 1. The highest BCUT2D eigenvalue weighted by molar-refractivity contribution is 9.10. The van der Waals surface area contributed by atoms with Gasteiger partial charge in [-0.2, -0.15) is 0 Å². The van der Waals surface area contributed by atoms with Crippen LogP contribution in [0.2, 0.25) is 0 Å². The fourth-order valence-corrected chi connectivity index (χ4v) is 4.29. The van der Waals surface area contributed by atoms with Crippen LogP contribution >= 0.6 is 15.9 Å². The predicted octanol–water partition coefficient (Wildman–Crippen LogP) is 6.19. The molecule has 2 heterocycles. The van der Waals surface area contributed by atoms with Crippen molar-refractivity contribution in [1.29, 1.82) is 0 Å². The van der Waals surface area contributed by atoms with Crippen molar-refractivity contribution >= 4 is 38.6 Å². The standard InChI is InChI=1S/C24H20BrN3O/c25-20-8-9-22-21(13-20)23(14-26-22)27-24(29)28-11-10-18-12-17(6-7-19(18)15-28)16-4-2-1-3-5-16/h1-9,12-14,26H,10-11,15H2,(H,27,29). The summed E-state index contributed by atoms with van der Waals surface area (Å²) in [5.41, 5.74) is 6.80. The van der Waals surface area contributed by atoms with Crippen LogP contribution in [0.4, 0.5) is 10.5 Å². The van der Waals surface area contributed by atoms with Crippen LogP contribution in [0.1, 0.15) is 11.1 Å². The third kappa shape index (κ3) is 3.54. The van der Waals surface area contributed by atoms with Gasteiger partial charge in [0.2, 0.25) is 0 Å². The lowest BCUT2D eigenvalue weighted by Gasteiger charge is -2.29. The molecule has 2 N–H and O–H groups in total. The lowest BCUT2D eigenvalue weighted by molar-refractivity contribution is 0.206. The van der Waals surface area contributed by atoms with Crippen molar-refractivity contribution in [3.8, 4) is 11.1 Å². The highest BCUT2D eigenvalue weighted by Crippen LogP contribution is 2.29. The first-order chi connectivity index (χ1) is 14.2. The summed E-state index contributed by atoms with van der Waals surface area (Å²) in [4.78, 5) is 18.0. The number of hydrogen-bond donors (Lipinski definition) is 2. The Morgan fingerprint density at radius 2 is 1.83 bits per heavy atom. The number of H-pyrrole nitrogens is 1. The largest absolute Gasteiger partial charge is 0.359 e. The zero-order valence-corrected chi connectivity index (χ0v) is 17.4. The molecule has 0 unspecified atom stereocenters. The molecule has 0 bridgehead atoms. The maximum absolute atomic E-state index is 12.9. The molecule has 2 amide bonds. The van der Waals surface area contributed by atoms with Gasteiger partial charge in [0.15, 0.2) is 0 Å². The lowest BCUT2D eigenvalue weighted by atomic mass is 9.95. The van der Waals surface area contributed by atoms with Crippen LogP contribution in [0.25, 0.3) is 22.0 Å². The number of benzene rings is 3. The third-order valence-electron chi connectivity index (χ3n) is 5.50. The van der Waals surface area contributed by atoms with Crippen LogP contribution in [0, 0.1) is 0 Å². The monoisotopic (exact) mass is 445 g/mol. The van der Waals surface area contributed by atoms with Crippen LogP contribution in [0.15, 0.2) is 77.4 Å². The molecule has 4 nitrogen and oxygen atoms in total. The molecule has 0 fully saturated rings. The first-order valence-electron chi connectivity index (χ1n) is 9.67. The number of aromatic nitrogens is 1. The van der Waals surface area contributed by atoms with Crippen LogP contribution in [0.3, 0.4) is 0 Å². The van der Waals surface area contributed by atoms with Crippen molar-refractivity contribution in [2.24, 2.45) is 0 Å². The second-order valence-electron chi connectivity index (χ2n) is 7.34. The number of carbonyl (C=O) groups is 1. The van der Waals surface area contributed by atoms with Gasteiger partial charge >= 0.3 is 6.03 Å². The first kappa shape index (κ1) is 18.0. The van der Waals surface area contributed by atoms with Crippen LogP contribution in [0.5, 0.6) is 0 Å². The molecule has 0 spiro atoms. The number of halogens is 1. The zero-order chi connectivity index (χ0) is 19.8. The van der Waals surface area contributed by atoms with E-state index in [0.29, 0.717) is 13.1 Å². The predicted molar refractivity (Wildman–Crippen MR) is 121 cm³/mol. The van der Waals surface area contributed by atoms with Crippen molar-refractivity contribution in [2.75, 3.05) is 11.9 Å². The number of urea groups is 1. The van der Waals surface area contributed by atoms with Crippen molar-refractivity contribution in [3.63, 3.8) is 0 Å². The molecule has 1 aliphatic heterocycles. The van der Waals surface area contributed by atoms with Gasteiger partial charge in [-0.3, -0.25) is 0 Å². The Morgan fingerprint density at radius 1 is 0.966 bits per heavy atom. The molecule has 5 heteroatoms. The van der Waals surface area contributed by atoms with Gasteiger partial charge in [-0.15, -0.1) is 0 Å². The highest BCUT2D eigenvalue weighted by Gasteiger charge is 2.22. The minimum Gasteiger partial charge on any atom is -0.359 e. The number of aromatic amines is 1. The molecule has 3 aromatic carbocycles. The molecule has 0 saturated carbocycles. The van der Waals surface area contributed by atoms with E-state index in [2.05, 4.69) is 68.7 Å². The maximum Gasteiger partial charge on any atom is 0.322 e. The SMILES string of the molecule is O=C(Nc1c[nH]c2ccc(Br)cc12)N1CCc2cc(-c3ccccc3)ccc2C1. The summed E-state index contributed by atoms with van der Waals surface area (Å²) in [6, 6.07) is 22.9. The van der Waals surface area contributed by atoms with Crippen molar-refractivity contribution in [3.05, 3.63) is 88.5 Å². The third-order valence-corrected chi connectivity index (χ3v) is 5.99. The molecular formula is C24H20BrN3O. The second kappa shape index (κ2) is 7.41. The van der Waals surface area contributed by atoms with Gasteiger partial charge in [0.1, 0.15) is 0 Å². The zero-order valence-electron chi connectivity index (χ0n) is 15.8. The molecule has 5 rings (SSSR count). The van der Waals surface area contributed by atoms with Gasteiger partial charge in [-0.05, 0) is 46.9 Å². The van der Waals surface area contributed by atoms with E-state index in [4.69, 9.17) is 0 Å². The summed E-state index contributed by atoms with van der Waals surface area (Å²) in [5.74, 6) is 0. The van der Waals surface area contributed by atoms with Crippen molar-refractivity contribution < 1.29 is 4.79 Å². The van der Waals surface area contributed by atoms with E-state index in [-0.39, 0.29) is 6.03 Å². The average Bonchev–Trinajstić information content (AvgIpc) is 3.15. The van der Waals surface area contributed by atoms with Crippen LogP contribution < -0.4 is 5.32 Å². The second-order valence-corrected chi connectivity index (χ2v) is 8.26. The number of fused-ring (bicyclic) bond motifs is 2. The van der Waals surface area contributed by atoms with Crippen molar-refractivity contribution in [1.82, 2.24) is 9.88 Å². The topological polar surface area (TPSA) is 48.1 Å². The van der Waals surface area contributed by atoms with Gasteiger partial charge in [-0.25, -0.2) is 4.79 Å². The van der Waals surface area contributed by atoms with E-state index in [0.717, 1.165) is 27.5 Å². The van der Waals surface area contributed by atoms with E-state index in [1.54, 1.807) is 0 Å². The Labute approximate surface area is 177 Å². The minimum atomic E-state index is -0.0661. The van der Waals surface area contributed by atoms with E-state index in [9.17, 15) is 4.79 Å². The molecule has 1 aliphatic rings. The summed E-state index contributed by atoms with van der Waals surface area (Å²) >= 11 is 3.50. The van der Waals surface area contributed by atoms with Gasteiger partial charge in [0.25, 0.3) is 0 Å². The number of anilines is 1. The molecule has 1 aromatic heterocycles. The number of rotatable bonds is 2. The highest BCUT2D eigenvalue weighted by atomic mass is 79.9.